The third-order valence-electron chi connectivity index (χ3n) is 5.01. The molecule has 0 atom stereocenters. The van der Waals surface area contributed by atoms with Crippen molar-refractivity contribution in [3.8, 4) is 11.5 Å². The highest BCUT2D eigenvalue weighted by atomic mass is 35.5. The fourth-order valence-electron chi connectivity index (χ4n) is 3.26. The van der Waals surface area contributed by atoms with Crippen molar-refractivity contribution in [2.24, 2.45) is 5.10 Å². The summed E-state index contributed by atoms with van der Waals surface area (Å²) in [6.07, 6.45) is 7.65. The van der Waals surface area contributed by atoms with E-state index >= 15 is 0 Å². The van der Waals surface area contributed by atoms with Gasteiger partial charge < -0.3 is 15.2 Å². The van der Waals surface area contributed by atoms with Gasteiger partial charge in [-0.25, -0.2) is 5.43 Å². The molecule has 0 aliphatic carbocycles. The molecule has 3 N–H and O–H groups in total. The Morgan fingerprint density at radius 2 is 1.91 bits per heavy atom. The number of amides is 1. The van der Waals surface area contributed by atoms with Crippen LogP contribution in [0.5, 0.6) is 11.5 Å². The fraction of sp³-hybridized carbons (Fsp3) is 0.360. The molecule has 0 aliphatic heterocycles. The number of aryl methyl sites for hydroxylation is 1. The Bertz CT molecular complexity index is 1100. The molecule has 1 aromatic heterocycles. The van der Waals surface area contributed by atoms with E-state index in [0.717, 1.165) is 23.5 Å². The van der Waals surface area contributed by atoms with Gasteiger partial charge in [0.2, 0.25) is 11.0 Å². The summed E-state index contributed by atoms with van der Waals surface area (Å²) in [5.74, 6) is 1.06. The standard InChI is InChI=1S/C25H30ClN5O3S/c1-2-3-4-5-6-18-7-10-21(11-8-18)33-13-14-34-22-12-9-20(26)15-19(22)17-28-29-23(32)16-24-30-31-25(27)35-24/h7-12,15,17H,2-6,13-14,16H2,1H3,(H2,27,31)(H,29,32)/b28-17+. The maximum Gasteiger partial charge on any atom is 0.247 e. The van der Waals surface area contributed by atoms with E-state index in [1.807, 2.05) is 12.1 Å². The van der Waals surface area contributed by atoms with E-state index in [4.69, 9.17) is 26.8 Å². The number of carbonyl (C=O) groups excluding carboxylic acids is 1. The molecule has 3 rings (SSSR count). The molecule has 0 saturated carbocycles. The van der Waals surface area contributed by atoms with Gasteiger partial charge in [0.25, 0.3) is 0 Å². The van der Waals surface area contributed by atoms with E-state index in [1.165, 1.54) is 37.5 Å². The quantitative estimate of drug-likeness (QED) is 0.176. The molecule has 1 heterocycles. The summed E-state index contributed by atoms with van der Waals surface area (Å²) in [6.45, 7) is 2.95. The summed E-state index contributed by atoms with van der Waals surface area (Å²) in [6, 6.07) is 13.4. The van der Waals surface area contributed by atoms with Gasteiger partial charge in [-0.15, -0.1) is 10.2 Å². The van der Waals surface area contributed by atoms with Crippen molar-refractivity contribution in [2.45, 2.75) is 45.4 Å². The number of aromatic nitrogens is 2. The van der Waals surface area contributed by atoms with Crippen LogP contribution in [0.25, 0.3) is 0 Å². The van der Waals surface area contributed by atoms with Crippen molar-refractivity contribution in [3.63, 3.8) is 0 Å². The number of carbonyl (C=O) groups is 1. The van der Waals surface area contributed by atoms with Crippen LogP contribution in [-0.2, 0) is 17.6 Å². The molecule has 3 aromatic rings. The summed E-state index contributed by atoms with van der Waals surface area (Å²) in [5.41, 5.74) is 9.93. The molecule has 0 fully saturated rings. The monoisotopic (exact) mass is 515 g/mol. The van der Waals surface area contributed by atoms with E-state index in [0.29, 0.717) is 39.7 Å². The molecular weight excluding hydrogens is 486 g/mol. The molecule has 1 amide bonds. The van der Waals surface area contributed by atoms with Crippen LogP contribution >= 0.6 is 22.9 Å². The number of anilines is 1. The smallest absolute Gasteiger partial charge is 0.247 e. The lowest BCUT2D eigenvalue weighted by Crippen LogP contribution is -2.19. The third-order valence-corrected chi connectivity index (χ3v) is 6.00. The van der Waals surface area contributed by atoms with Crippen molar-refractivity contribution < 1.29 is 14.3 Å². The molecule has 0 spiro atoms. The molecule has 186 valence electrons. The molecule has 0 bridgehead atoms. The van der Waals surface area contributed by atoms with Crippen molar-refractivity contribution in [1.82, 2.24) is 15.6 Å². The van der Waals surface area contributed by atoms with Gasteiger partial charge in [0.1, 0.15) is 29.7 Å². The van der Waals surface area contributed by atoms with Crippen molar-refractivity contribution in [3.05, 3.63) is 63.6 Å². The second kappa shape index (κ2) is 14.3. The molecule has 0 radical (unpaired) electrons. The largest absolute Gasteiger partial charge is 0.490 e. The first-order valence-electron chi connectivity index (χ1n) is 11.6. The van der Waals surface area contributed by atoms with E-state index < -0.39 is 0 Å². The zero-order chi connectivity index (χ0) is 24.9. The fourth-order valence-corrected chi connectivity index (χ4v) is 4.05. The number of hydrazone groups is 1. The lowest BCUT2D eigenvalue weighted by atomic mass is 10.1. The predicted molar refractivity (Wildman–Crippen MR) is 140 cm³/mol. The van der Waals surface area contributed by atoms with E-state index in [-0.39, 0.29) is 12.3 Å². The Kier molecular flexibility index (Phi) is 10.8. The molecule has 0 saturated heterocycles. The average molecular weight is 516 g/mol. The Labute approximate surface area is 214 Å². The molecule has 0 unspecified atom stereocenters. The van der Waals surface area contributed by atoms with Crippen LogP contribution in [-0.4, -0.2) is 35.5 Å². The van der Waals surface area contributed by atoms with E-state index in [9.17, 15) is 4.79 Å². The number of nitrogens with zero attached hydrogens (tertiary/aromatic N) is 3. The molecule has 0 aliphatic rings. The summed E-state index contributed by atoms with van der Waals surface area (Å²) in [4.78, 5) is 12.0. The topological polar surface area (TPSA) is 112 Å². The van der Waals surface area contributed by atoms with E-state index in [2.05, 4.69) is 39.8 Å². The average Bonchev–Trinajstić information content (AvgIpc) is 3.25. The van der Waals surface area contributed by atoms with Crippen LogP contribution in [0, 0.1) is 0 Å². The number of ether oxygens (including phenoxy) is 2. The predicted octanol–water partition coefficient (Wildman–Crippen LogP) is 5.05. The second-order valence-corrected chi connectivity index (χ2v) is 9.37. The number of rotatable bonds is 14. The lowest BCUT2D eigenvalue weighted by molar-refractivity contribution is -0.120. The Morgan fingerprint density at radius 3 is 2.66 bits per heavy atom. The van der Waals surface area contributed by atoms with Crippen molar-refractivity contribution in [1.29, 1.82) is 0 Å². The van der Waals surface area contributed by atoms with Crippen LogP contribution in [0.1, 0.15) is 48.7 Å². The SMILES string of the molecule is CCCCCCc1ccc(OCCOc2ccc(Cl)cc2/C=N/NC(=O)Cc2nnc(N)s2)cc1. The van der Waals surface area contributed by atoms with Gasteiger partial charge in [0, 0.05) is 10.6 Å². The Hall–Kier alpha value is -3.17. The number of nitrogen functional groups attached to an aromatic ring is 1. The van der Waals surface area contributed by atoms with Gasteiger partial charge in [-0.05, 0) is 48.7 Å². The van der Waals surface area contributed by atoms with Gasteiger partial charge in [0.15, 0.2) is 0 Å². The first-order valence-corrected chi connectivity index (χ1v) is 12.8. The number of unbranched alkanes of at least 4 members (excludes halogenated alkanes) is 3. The normalized spacial score (nSPS) is 11.0. The zero-order valence-electron chi connectivity index (χ0n) is 19.7. The Morgan fingerprint density at radius 1 is 1.11 bits per heavy atom. The third kappa shape index (κ3) is 9.54. The summed E-state index contributed by atoms with van der Waals surface area (Å²) < 4.78 is 11.7. The highest BCUT2D eigenvalue weighted by molar-refractivity contribution is 7.15. The van der Waals surface area contributed by atoms with Crippen molar-refractivity contribution in [2.75, 3.05) is 18.9 Å². The Balaban J connectivity index is 1.44. The van der Waals surface area contributed by atoms with Gasteiger partial charge in [-0.1, -0.05) is 61.3 Å². The number of benzene rings is 2. The van der Waals surface area contributed by atoms with Gasteiger partial charge in [-0.3, -0.25) is 4.79 Å². The lowest BCUT2D eigenvalue weighted by Gasteiger charge is -2.11. The van der Waals surface area contributed by atoms with Gasteiger partial charge in [0.05, 0.1) is 12.6 Å². The molecular formula is C25H30ClN5O3S. The first kappa shape index (κ1) is 26.4. The number of hydrogen-bond donors (Lipinski definition) is 2. The minimum Gasteiger partial charge on any atom is -0.490 e. The van der Waals surface area contributed by atoms with Crippen LogP contribution in [0.15, 0.2) is 47.6 Å². The summed E-state index contributed by atoms with van der Waals surface area (Å²) in [5, 5.41) is 12.8. The van der Waals surface area contributed by atoms with Gasteiger partial charge >= 0.3 is 0 Å². The molecule has 35 heavy (non-hydrogen) atoms. The molecule has 8 nitrogen and oxygen atoms in total. The number of halogens is 1. The number of hydrogen-bond acceptors (Lipinski definition) is 8. The van der Waals surface area contributed by atoms with Crippen LogP contribution in [0.3, 0.4) is 0 Å². The number of nitrogens with two attached hydrogens (primary N) is 1. The van der Waals surface area contributed by atoms with Crippen molar-refractivity contribution >= 4 is 40.2 Å². The molecule has 10 heteroatoms. The minimum absolute atomic E-state index is 0.0439. The molecule has 2 aromatic carbocycles. The van der Waals surface area contributed by atoms with Crippen LogP contribution in [0.4, 0.5) is 5.13 Å². The zero-order valence-corrected chi connectivity index (χ0v) is 21.3. The summed E-state index contributed by atoms with van der Waals surface area (Å²) in [7, 11) is 0. The summed E-state index contributed by atoms with van der Waals surface area (Å²) >= 11 is 7.27. The van der Waals surface area contributed by atoms with Crippen LogP contribution in [0.2, 0.25) is 5.02 Å². The maximum absolute atomic E-state index is 12.0. The second-order valence-electron chi connectivity index (χ2n) is 7.84. The number of nitrogens with one attached hydrogen (secondary N) is 1. The minimum atomic E-state index is -0.331. The van der Waals surface area contributed by atoms with Crippen LogP contribution < -0.4 is 20.6 Å². The van der Waals surface area contributed by atoms with E-state index in [1.54, 1.807) is 18.2 Å². The highest BCUT2D eigenvalue weighted by Crippen LogP contribution is 2.22. The van der Waals surface area contributed by atoms with Gasteiger partial charge in [-0.2, -0.15) is 5.10 Å². The first-order chi connectivity index (χ1) is 17.0. The maximum atomic E-state index is 12.0. The highest BCUT2D eigenvalue weighted by Gasteiger charge is 2.08.